The second-order valence-corrected chi connectivity index (χ2v) is 7.37. The Morgan fingerprint density at radius 3 is 2.47 bits per heavy atom. The number of likely N-dealkylation sites (tertiary alicyclic amines) is 2. The maximum absolute atomic E-state index is 3.58. The SMILES string of the molecule is CC(C)(C)NCCCN1CCC(N2CCCCC2)C1. The van der Waals surface area contributed by atoms with E-state index >= 15 is 0 Å². The lowest BCUT2D eigenvalue weighted by atomic mass is 10.1. The van der Waals surface area contributed by atoms with Crippen LogP contribution in [0.15, 0.2) is 0 Å². The summed E-state index contributed by atoms with van der Waals surface area (Å²) in [6.07, 6.45) is 6.97. The molecule has 2 aliphatic heterocycles. The smallest absolute Gasteiger partial charge is 0.0235 e. The molecule has 1 N–H and O–H groups in total. The second-order valence-electron chi connectivity index (χ2n) is 7.37. The van der Waals surface area contributed by atoms with Crippen LogP contribution in [0.5, 0.6) is 0 Å². The molecule has 3 heteroatoms. The highest BCUT2D eigenvalue weighted by molar-refractivity contribution is 4.84. The molecule has 2 heterocycles. The van der Waals surface area contributed by atoms with Crippen molar-refractivity contribution in [2.75, 3.05) is 39.3 Å². The van der Waals surface area contributed by atoms with Gasteiger partial charge in [0.2, 0.25) is 0 Å². The van der Waals surface area contributed by atoms with Crippen LogP contribution in [0.3, 0.4) is 0 Å². The summed E-state index contributed by atoms with van der Waals surface area (Å²) >= 11 is 0. The van der Waals surface area contributed by atoms with Crippen molar-refractivity contribution in [3.63, 3.8) is 0 Å². The number of rotatable bonds is 5. The summed E-state index contributed by atoms with van der Waals surface area (Å²) in [7, 11) is 0. The Kier molecular flexibility index (Phi) is 5.67. The van der Waals surface area contributed by atoms with Gasteiger partial charge < -0.3 is 10.2 Å². The number of nitrogens with one attached hydrogen (secondary N) is 1. The lowest BCUT2D eigenvalue weighted by molar-refractivity contribution is 0.162. The normalized spacial score (nSPS) is 27.0. The molecule has 1 unspecified atom stereocenters. The zero-order chi connectivity index (χ0) is 13.7. The van der Waals surface area contributed by atoms with Gasteiger partial charge in [0.1, 0.15) is 0 Å². The molecule has 19 heavy (non-hydrogen) atoms. The van der Waals surface area contributed by atoms with E-state index in [-0.39, 0.29) is 5.54 Å². The van der Waals surface area contributed by atoms with E-state index in [0.717, 1.165) is 12.6 Å². The first-order chi connectivity index (χ1) is 9.04. The van der Waals surface area contributed by atoms with E-state index in [0.29, 0.717) is 0 Å². The van der Waals surface area contributed by atoms with Crippen LogP contribution in [0.25, 0.3) is 0 Å². The highest BCUT2D eigenvalue weighted by Gasteiger charge is 2.27. The van der Waals surface area contributed by atoms with Crippen LogP contribution in [0.2, 0.25) is 0 Å². The highest BCUT2D eigenvalue weighted by atomic mass is 15.3. The molecule has 112 valence electrons. The summed E-state index contributed by atoms with van der Waals surface area (Å²) in [5.74, 6) is 0. The maximum atomic E-state index is 3.58. The van der Waals surface area contributed by atoms with Gasteiger partial charge in [-0.2, -0.15) is 0 Å². The fourth-order valence-electron chi connectivity index (χ4n) is 3.36. The summed E-state index contributed by atoms with van der Waals surface area (Å²) < 4.78 is 0. The van der Waals surface area contributed by atoms with Gasteiger partial charge in [0.15, 0.2) is 0 Å². The van der Waals surface area contributed by atoms with Gasteiger partial charge in [0.25, 0.3) is 0 Å². The number of piperidine rings is 1. The minimum atomic E-state index is 0.265. The van der Waals surface area contributed by atoms with E-state index in [9.17, 15) is 0 Å². The van der Waals surface area contributed by atoms with E-state index in [4.69, 9.17) is 0 Å². The number of hydrogen-bond donors (Lipinski definition) is 1. The summed E-state index contributed by atoms with van der Waals surface area (Å²) in [6, 6.07) is 0.857. The molecule has 0 saturated carbocycles. The monoisotopic (exact) mass is 267 g/mol. The van der Waals surface area contributed by atoms with Crippen molar-refractivity contribution in [1.29, 1.82) is 0 Å². The van der Waals surface area contributed by atoms with Crippen molar-refractivity contribution in [1.82, 2.24) is 15.1 Å². The molecular formula is C16H33N3. The Morgan fingerprint density at radius 1 is 1.05 bits per heavy atom. The minimum Gasteiger partial charge on any atom is -0.312 e. The second kappa shape index (κ2) is 7.05. The zero-order valence-electron chi connectivity index (χ0n) is 13.2. The van der Waals surface area contributed by atoms with E-state index in [2.05, 4.69) is 35.9 Å². The fraction of sp³-hybridized carbons (Fsp3) is 1.00. The lowest BCUT2D eigenvalue weighted by Crippen LogP contribution is -2.41. The molecule has 3 nitrogen and oxygen atoms in total. The van der Waals surface area contributed by atoms with Crippen LogP contribution in [0.1, 0.15) is 52.9 Å². The third-order valence-corrected chi connectivity index (χ3v) is 4.46. The van der Waals surface area contributed by atoms with E-state index in [1.807, 2.05) is 0 Å². The zero-order valence-corrected chi connectivity index (χ0v) is 13.2. The molecule has 0 aromatic carbocycles. The topological polar surface area (TPSA) is 18.5 Å². The third-order valence-electron chi connectivity index (χ3n) is 4.46. The third kappa shape index (κ3) is 5.41. The number of hydrogen-bond acceptors (Lipinski definition) is 3. The van der Waals surface area contributed by atoms with Gasteiger partial charge in [0.05, 0.1) is 0 Å². The van der Waals surface area contributed by atoms with Crippen LogP contribution in [0, 0.1) is 0 Å². The Morgan fingerprint density at radius 2 is 1.79 bits per heavy atom. The summed E-state index contributed by atoms with van der Waals surface area (Å²) in [5.41, 5.74) is 0.265. The molecule has 2 aliphatic rings. The van der Waals surface area contributed by atoms with Crippen LogP contribution >= 0.6 is 0 Å². The molecule has 2 saturated heterocycles. The highest BCUT2D eigenvalue weighted by Crippen LogP contribution is 2.20. The molecule has 0 amide bonds. The van der Waals surface area contributed by atoms with Crippen LogP contribution in [-0.4, -0.2) is 60.6 Å². The summed E-state index contributed by atoms with van der Waals surface area (Å²) in [6.45, 7) is 14.5. The lowest BCUT2D eigenvalue weighted by Gasteiger charge is -2.32. The Bertz CT molecular complexity index is 253. The van der Waals surface area contributed by atoms with E-state index in [1.165, 1.54) is 64.8 Å². The molecular weight excluding hydrogens is 234 g/mol. The van der Waals surface area contributed by atoms with Crippen molar-refractivity contribution in [3.05, 3.63) is 0 Å². The van der Waals surface area contributed by atoms with Gasteiger partial charge in [-0.15, -0.1) is 0 Å². The average Bonchev–Trinajstić information content (AvgIpc) is 2.83. The van der Waals surface area contributed by atoms with Gasteiger partial charge in [-0.3, -0.25) is 4.90 Å². The minimum absolute atomic E-state index is 0.265. The maximum Gasteiger partial charge on any atom is 0.0235 e. The summed E-state index contributed by atoms with van der Waals surface area (Å²) in [4.78, 5) is 5.42. The van der Waals surface area contributed by atoms with Crippen molar-refractivity contribution in [2.45, 2.75) is 64.5 Å². The van der Waals surface area contributed by atoms with Crippen molar-refractivity contribution in [2.24, 2.45) is 0 Å². The predicted octanol–water partition coefficient (Wildman–Crippen LogP) is 2.32. The van der Waals surface area contributed by atoms with Crippen molar-refractivity contribution < 1.29 is 0 Å². The molecule has 2 rings (SSSR count). The Labute approximate surface area is 119 Å². The number of nitrogens with zero attached hydrogens (tertiary/aromatic N) is 2. The largest absolute Gasteiger partial charge is 0.312 e. The molecule has 0 aliphatic carbocycles. The Hall–Kier alpha value is -0.120. The van der Waals surface area contributed by atoms with Crippen molar-refractivity contribution in [3.8, 4) is 0 Å². The quantitative estimate of drug-likeness (QED) is 0.771. The first-order valence-corrected chi connectivity index (χ1v) is 8.26. The predicted molar refractivity (Wildman–Crippen MR) is 82.6 cm³/mol. The first-order valence-electron chi connectivity index (χ1n) is 8.26. The van der Waals surface area contributed by atoms with Gasteiger partial charge in [0, 0.05) is 18.1 Å². The average molecular weight is 267 g/mol. The molecule has 0 bridgehead atoms. The molecule has 0 spiro atoms. The first kappa shape index (κ1) is 15.3. The van der Waals surface area contributed by atoms with Crippen LogP contribution in [0.4, 0.5) is 0 Å². The molecule has 2 fully saturated rings. The van der Waals surface area contributed by atoms with Crippen molar-refractivity contribution >= 4 is 0 Å². The van der Waals surface area contributed by atoms with E-state index < -0.39 is 0 Å². The standard InChI is InChI=1S/C16H33N3/c1-16(2,3)17-9-7-10-18-13-8-15(14-18)19-11-5-4-6-12-19/h15,17H,4-14H2,1-3H3. The summed E-state index contributed by atoms with van der Waals surface area (Å²) in [5, 5.41) is 3.58. The van der Waals surface area contributed by atoms with Gasteiger partial charge in [-0.25, -0.2) is 0 Å². The molecule has 0 aromatic rings. The van der Waals surface area contributed by atoms with Gasteiger partial charge >= 0.3 is 0 Å². The van der Waals surface area contributed by atoms with Crippen LogP contribution in [-0.2, 0) is 0 Å². The van der Waals surface area contributed by atoms with Gasteiger partial charge in [-0.1, -0.05) is 6.42 Å². The molecule has 0 radical (unpaired) electrons. The Balaban J connectivity index is 1.59. The van der Waals surface area contributed by atoms with Crippen LogP contribution < -0.4 is 5.32 Å². The van der Waals surface area contributed by atoms with Gasteiger partial charge in [-0.05, 0) is 79.2 Å². The van der Waals surface area contributed by atoms with E-state index in [1.54, 1.807) is 0 Å². The molecule has 0 aromatic heterocycles. The molecule has 1 atom stereocenters. The fourth-order valence-corrected chi connectivity index (χ4v) is 3.36.